The number of rotatable bonds is 3. The molecular weight excluding hydrogens is 235 g/mol. The number of pyridine rings is 1. The van der Waals surface area contributed by atoms with Gasteiger partial charge in [0.15, 0.2) is 6.29 Å². The topological polar surface area (TPSA) is 30.0 Å². The molecule has 0 N–H and O–H groups in total. The summed E-state index contributed by atoms with van der Waals surface area (Å²) >= 11 is 10.9. The molecule has 0 radical (unpaired) electrons. The zero-order valence-electron chi connectivity index (χ0n) is 6.81. The number of halogens is 4. The van der Waals surface area contributed by atoms with Crippen molar-refractivity contribution in [2.45, 2.75) is 12.3 Å². The first-order valence-electron chi connectivity index (χ1n) is 3.58. The molecule has 1 aromatic rings. The van der Waals surface area contributed by atoms with Crippen LogP contribution in [0.5, 0.6) is 0 Å². The van der Waals surface area contributed by atoms with Gasteiger partial charge in [0.2, 0.25) is 0 Å². The van der Waals surface area contributed by atoms with E-state index in [0.29, 0.717) is 6.29 Å². The first-order chi connectivity index (χ1) is 6.60. The predicted octanol–water partition coefficient (Wildman–Crippen LogP) is 3.22. The van der Waals surface area contributed by atoms with Gasteiger partial charge in [-0.2, -0.15) is 0 Å². The maximum absolute atomic E-state index is 12.4. The van der Waals surface area contributed by atoms with E-state index < -0.39 is 12.0 Å². The van der Waals surface area contributed by atoms with Crippen LogP contribution in [0.1, 0.15) is 28.2 Å². The van der Waals surface area contributed by atoms with Crippen LogP contribution in [0, 0.1) is 0 Å². The van der Waals surface area contributed by atoms with E-state index in [9.17, 15) is 13.6 Å². The molecule has 2 nitrogen and oxygen atoms in total. The van der Waals surface area contributed by atoms with E-state index in [0.717, 1.165) is 6.07 Å². The summed E-state index contributed by atoms with van der Waals surface area (Å²) in [6, 6.07) is 1.09. The monoisotopic (exact) mass is 239 g/mol. The van der Waals surface area contributed by atoms with Crippen molar-refractivity contribution in [3.63, 3.8) is 0 Å². The molecule has 0 aliphatic heterocycles. The standard InChI is InChI=1S/C8H5Cl2F2NO/c9-2-4-1-5(8(11)12)7(10)6(3-14)13-4/h1,3,8H,2H2. The summed E-state index contributed by atoms with van der Waals surface area (Å²) in [5.74, 6) is -0.0439. The van der Waals surface area contributed by atoms with Crippen LogP contribution >= 0.6 is 23.2 Å². The third-order valence-corrected chi connectivity index (χ3v) is 2.23. The lowest BCUT2D eigenvalue weighted by Crippen LogP contribution is -1.99. The van der Waals surface area contributed by atoms with Crippen molar-refractivity contribution >= 4 is 29.5 Å². The molecule has 0 fully saturated rings. The lowest BCUT2D eigenvalue weighted by atomic mass is 10.2. The van der Waals surface area contributed by atoms with Crippen LogP contribution in [-0.4, -0.2) is 11.3 Å². The molecule has 0 bridgehead atoms. The first-order valence-corrected chi connectivity index (χ1v) is 4.50. The van der Waals surface area contributed by atoms with Crippen molar-refractivity contribution in [1.29, 1.82) is 0 Å². The Balaban J connectivity index is 3.34. The molecule has 6 heteroatoms. The Kier molecular flexibility index (Phi) is 3.77. The van der Waals surface area contributed by atoms with Gasteiger partial charge in [0, 0.05) is 5.56 Å². The second kappa shape index (κ2) is 4.66. The van der Waals surface area contributed by atoms with E-state index in [1.54, 1.807) is 0 Å². The molecule has 0 aromatic carbocycles. The Hall–Kier alpha value is -0.740. The van der Waals surface area contributed by atoms with E-state index in [1.165, 1.54) is 0 Å². The summed E-state index contributed by atoms with van der Waals surface area (Å²) < 4.78 is 24.8. The summed E-state index contributed by atoms with van der Waals surface area (Å²) in [6.45, 7) is 0. The van der Waals surface area contributed by atoms with Gasteiger partial charge in [-0.3, -0.25) is 4.79 Å². The van der Waals surface area contributed by atoms with Gasteiger partial charge in [0.1, 0.15) is 5.69 Å². The van der Waals surface area contributed by atoms with Crippen LogP contribution in [-0.2, 0) is 5.88 Å². The number of alkyl halides is 3. The van der Waals surface area contributed by atoms with E-state index >= 15 is 0 Å². The average Bonchev–Trinajstić information content (AvgIpc) is 2.17. The predicted molar refractivity (Wildman–Crippen MR) is 49.1 cm³/mol. The molecule has 76 valence electrons. The van der Waals surface area contributed by atoms with Gasteiger partial charge < -0.3 is 0 Å². The van der Waals surface area contributed by atoms with Crippen molar-refractivity contribution < 1.29 is 13.6 Å². The number of hydrogen-bond donors (Lipinski definition) is 0. The summed E-state index contributed by atoms with van der Waals surface area (Å²) in [6.07, 6.45) is -2.42. The Morgan fingerprint density at radius 3 is 2.64 bits per heavy atom. The van der Waals surface area contributed by atoms with Crippen LogP contribution in [0.15, 0.2) is 6.07 Å². The fourth-order valence-electron chi connectivity index (χ4n) is 0.932. The largest absolute Gasteiger partial charge is 0.296 e. The minimum atomic E-state index is -2.74. The normalized spacial score (nSPS) is 10.6. The Labute approximate surface area is 88.8 Å². The van der Waals surface area contributed by atoms with Gasteiger partial charge >= 0.3 is 0 Å². The fourth-order valence-corrected chi connectivity index (χ4v) is 1.29. The zero-order chi connectivity index (χ0) is 10.7. The number of aromatic nitrogens is 1. The minimum Gasteiger partial charge on any atom is -0.296 e. The Bertz CT molecular complexity index is 357. The Morgan fingerprint density at radius 2 is 2.21 bits per heavy atom. The number of hydrogen-bond acceptors (Lipinski definition) is 2. The van der Waals surface area contributed by atoms with E-state index in [2.05, 4.69) is 4.98 Å². The lowest BCUT2D eigenvalue weighted by molar-refractivity contribution is 0.111. The number of aldehydes is 1. The molecule has 1 aromatic heterocycles. The average molecular weight is 240 g/mol. The van der Waals surface area contributed by atoms with Crippen LogP contribution in [0.2, 0.25) is 5.02 Å². The molecule has 0 saturated heterocycles. The number of nitrogens with zero attached hydrogens (tertiary/aromatic N) is 1. The van der Waals surface area contributed by atoms with Gasteiger partial charge in [0.25, 0.3) is 6.43 Å². The molecule has 0 amide bonds. The molecule has 1 rings (SSSR count). The Morgan fingerprint density at radius 1 is 1.57 bits per heavy atom. The van der Waals surface area contributed by atoms with Gasteiger partial charge in [0.05, 0.1) is 16.6 Å². The molecule has 0 spiro atoms. The summed E-state index contributed by atoms with van der Waals surface area (Å²) in [4.78, 5) is 14.1. The highest BCUT2D eigenvalue weighted by atomic mass is 35.5. The van der Waals surface area contributed by atoms with E-state index in [-0.39, 0.29) is 22.3 Å². The smallest absolute Gasteiger partial charge is 0.265 e. The summed E-state index contributed by atoms with van der Waals surface area (Å²) in [5.41, 5.74) is -0.423. The highest BCUT2D eigenvalue weighted by Crippen LogP contribution is 2.29. The van der Waals surface area contributed by atoms with Crippen LogP contribution in [0.3, 0.4) is 0 Å². The maximum atomic E-state index is 12.4. The second-order valence-electron chi connectivity index (χ2n) is 2.45. The van der Waals surface area contributed by atoms with Crippen molar-refractivity contribution in [2.24, 2.45) is 0 Å². The molecule has 0 saturated carbocycles. The van der Waals surface area contributed by atoms with Crippen LogP contribution < -0.4 is 0 Å². The number of carbonyl (C=O) groups is 1. The molecule has 14 heavy (non-hydrogen) atoms. The summed E-state index contributed by atoms with van der Waals surface area (Å²) in [7, 11) is 0. The van der Waals surface area contributed by atoms with Crippen molar-refractivity contribution in [2.75, 3.05) is 0 Å². The third-order valence-electron chi connectivity index (χ3n) is 1.55. The molecule has 0 atom stereocenters. The van der Waals surface area contributed by atoms with Gasteiger partial charge in [-0.25, -0.2) is 13.8 Å². The van der Waals surface area contributed by atoms with Crippen LogP contribution in [0.4, 0.5) is 8.78 Å². The quantitative estimate of drug-likeness (QED) is 0.599. The SMILES string of the molecule is O=Cc1nc(CCl)cc(C(F)F)c1Cl. The van der Waals surface area contributed by atoms with Gasteiger partial charge in [-0.15, -0.1) is 11.6 Å². The highest BCUT2D eigenvalue weighted by molar-refractivity contribution is 6.33. The van der Waals surface area contributed by atoms with E-state index in [4.69, 9.17) is 23.2 Å². The summed E-state index contributed by atoms with van der Waals surface area (Å²) in [5, 5.41) is -0.316. The lowest BCUT2D eigenvalue weighted by Gasteiger charge is -2.06. The molecule has 1 heterocycles. The first kappa shape index (κ1) is 11.3. The van der Waals surface area contributed by atoms with Gasteiger partial charge in [-0.1, -0.05) is 11.6 Å². The van der Waals surface area contributed by atoms with Crippen molar-refractivity contribution in [3.8, 4) is 0 Å². The van der Waals surface area contributed by atoms with Crippen molar-refractivity contribution in [1.82, 2.24) is 4.98 Å². The zero-order valence-corrected chi connectivity index (χ0v) is 8.32. The molecule has 0 unspecified atom stereocenters. The van der Waals surface area contributed by atoms with E-state index in [1.807, 2.05) is 0 Å². The molecular formula is C8H5Cl2F2NO. The van der Waals surface area contributed by atoms with Gasteiger partial charge in [-0.05, 0) is 6.07 Å². The van der Waals surface area contributed by atoms with Crippen LogP contribution in [0.25, 0.3) is 0 Å². The second-order valence-corrected chi connectivity index (χ2v) is 3.10. The molecule has 0 aliphatic carbocycles. The highest BCUT2D eigenvalue weighted by Gasteiger charge is 2.17. The van der Waals surface area contributed by atoms with Crippen molar-refractivity contribution in [3.05, 3.63) is 28.0 Å². The fraction of sp³-hybridized carbons (Fsp3) is 0.250. The maximum Gasteiger partial charge on any atom is 0.265 e. The third kappa shape index (κ3) is 2.19. The molecule has 0 aliphatic rings. The number of carbonyl (C=O) groups excluding carboxylic acids is 1. The minimum absolute atomic E-state index is 0.0439.